The van der Waals surface area contributed by atoms with Crippen LogP contribution in [-0.2, 0) is 6.42 Å². The average molecular weight is 430 g/mol. The molecule has 0 atom stereocenters. The van der Waals surface area contributed by atoms with E-state index in [2.05, 4.69) is 31.2 Å². The number of allylic oxidation sites excluding steroid dienone is 1. The third-order valence-corrected chi connectivity index (χ3v) is 5.09. The van der Waals surface area contributed by atoms with E-state index in [1.165, 1.54) is 24.8 Å². The van der Waals surface area contributed by atoms with Crippen LogP contribution in [0.4, 0.5) is 22.0 Å². The smallest absolute Gasteiger partial charge is 0.206 e. The van der Waals surface area contributed by atoms with Gasteiger partial charge < -0.3 is 0 Å². The highest BCUT2D eigenvalue weighted by molar-refractivity contribution is 5.71. The Balaban J connectivity index is 1.78. The number of rotatable bonds is 7. The summed E-state index contributed by atoms with van der Waals surface area (Å²) < 4.78 is 65.3. The molecule has 0 bridgehead atoms. The van der Waals surface area contributed by atoms with Crippen LogP contribution in [0.1, 0.15) is 37.3 Å². The zero-order valence-corrected chi connectivity index (χ0v) is 17.1. The number of alkyl halides is 3. The Bertz CT molecular complexity index is 1010. The first-order chi connectivity index (χ1) is 14.8. The Hall–Kier alpha value is -2.95. The molecule has 0 N–H and O–H groups in total. The highest BCUT2D eigenvalue weighted by Crippen LogP contribution is 2.29. The summed E-state index contributed by atoms with van der Waals surface area (Å²) in [5.41, 5.74) is 3.42. The molecule has 0 aromatic heterocycles. The van der Waals surface area contributed by atoms with E-state index < -0.39 is 23.4 Å². The van der Waals surface area contributed by atoms with Crippen molar-refractivity contribution < 1.29 is 22.0 Å². The molecule has 162 valence electrons. The van der Waals surface area contributed by atoms with Gasteiger partial charge in [-0.2, -0.15) is 13.2 Å². The molecule has 0 nitrogen and oxygen atoms in total. The maximum Gasteiger partial charge on any atom is 0.409 e. The van der Waals surface area contributed by atoms with Crippen LogP contribution in [0, 0.1) is 11.6 Å². The van der Waals surface area contributed by atoms with Crippen molar-refractivity contribution in [2.45, 2.75) is 38.8 Å². The lowest BCUT2D eigenvalue weighted by molar-refractivity contribution is -0.0790. The number of aryl methyl sites for hydroxylation is 1. The molecule has 0 aliphatic rings. The number of benzene rings is 3. The summed E-state index contributed by atoms with van der Waals surface area (Å²) in [7, 11) is 0. The SMILES string of the molecule is CCCCCc1ccc(-c2ccc(-c3cc(F)c(C=CC(F)(F)F)c(F)c3)cc2)cc1. The molecule has 0 spiro atoms. The number of unbranched alkanes of at least 4 members (excludes halogenated alkanes) is 2. The molecule has 0 radical (unpaired) electrons. The molecule has 0 saturated carbocycles. The molecular weight excluding hydrogens is 407 g/mol. The third-order valence-electron chi connectivity index (χ3n) is 5.09. The summed E-state index contributed by atoms with van der Waals surface area (Å²) in [6.45, 7) is 2.18. The van der Waals surface area contributed by atoms with Crippen LogP contribution < -0.4 is 0 Å². The van der Waals surface area contributed by atoms with Crippen molar-refractivity contribution in [2.24, 2.45) is 0 Å². The molecule has 5 heteroatoms. The van der Waals surface area contributed by atoms with Crippen molar-refractivity contribution in [3.63, 3.8) is 0 Å². The summed E-state index contributed by atoms with van der Waals surface area (Å²) in [4.78, 5) is 0. The minimum atomic E-state index is -4.64. The summed E-state index contributed by atoms with van der Waals surface area (Å²) in [5.74, 6) is -2.09. The predicted molar refractivity (Wildman–Crippen MR) is 116 cm³/mol. The maximum absolute atomic E-state index is 14.2. The van der Waals surface area contributed by atoms with E-state index in [1.807, 2.05) is 12.1 Å². The molecule has 3 aromatic rings. The Morgan fingerprint density at radius 2 is 1.19 bits per heavy atom. The van der Waals surface area contributed by atoms with E-state index >= 15 is 0 Å². The van der Waals surface area contributed by atoms with Crippen LogP contribution in [-0.4, -0.2) is 6.18 Å². The zero-order valence-electron chi connectivity index (χ0n) is 17.1. The normalized spacial score (nSPS) is 11.9. The molecule has 0 amide bonds. The largest absolute Gasteiger partial charge is 0.409 e. The van der Waals surface area contributed by atoms with Gasteiger partial charge >= 0.3 is 6.18 Å². The van der Waals surface area contributed by atoms with Crippen molar-refractivity contribution >= 4 is 6.08 Å². The van der Waals surface area contributed by atoms with E-state index in [4.69, 9.17) is 0 Å². The first-order valence-electron chi connectivity index (χ1n) is 10.2. The topological polar surface area (TPSA) is 0 Å². The van der Waals surface area contributed by atoms with E-state index in [0.717, 1.165) is 29.7 Å². The minimum Gasteiger partial charge on any atom is -0.206 e. The molecule has 3 rings (SSSR count). The zero-order chi connectivity index (χ0) is 22.4. The van der Waals surface area contributed by atoms with Crippen molar-refractivity contribution in [1.29, 1.82) is 0 Å². The molecule has 0 unspecified atom stereocenters. The molecule has 0 saturated heterocycles. The van der Waals surface area contributed by atoms with Gasteiger partial charge in [0.1, 0.15) is 11.6 Å². The Labute approximate surface area is 179 Å². The molecule has 0 heterocycles. The fourth-order valence-electron chi connectivity index (χ4n) is 3.39. The minimum absolute atomic E-state index is 0.182. The van der Waals surface area contributed by atoms with Gasteiger partial charge in [0.2, 0.25) is 0 Å². The van der Waals surface area contributed by atoms with E-state index in [1.54, 1.807) is 12.1 Å². The van der Waals surface area contributed by atoms with Gasteiger partial charge in [-0.15, -0.1) is 0 Å². The van der Waals surface area contributed by atoms with E-state index in [9.17, 15) is 22.0 Å². The van der Waals surface area contributed by atoms with E-state index in [0.29, 0.717) is 11.6 Å². The second-order valence-corrected chi connectivity index (χ2v) is 7.46. The summed E-state index contributed by atoms with van der Waals surface area (Å²) >= 11 is 0. The molecule has 31 heavy (non-hydrogen) atoms. The Morgan fingerprint density at radius 3 is 1.68 bits per heavy atom. The quantitative estimate of drug-likeness (QED) is 0.260. The van der Waals surface area contributed by atoms with Crippen molar-refractivity contribution in [3.05, 3.63) is 89.5 Å². The first-order valence-corrected chi connectivity index (χ1v) is 10.2. The van der Waals surface area contributed by atoms with E-state index in [-0.39, 0.29) is 11.6 Å². The second-order valence-electron chi connectivity index (χ2n) is 7.46. The summed E-state index contributed by atoms with van der Waals surface area (Å²) in [6.07, 6.45) is 0.207. The lowest BCUT2D eigenvalue weighted by Gasteiger charge is -2.08. The van der Waals surface area contributed by atoms with Crippen LogP contribution in [0.3, 0.4) is 0 Å². The average Bonchev–Trinajstić information content (AvgIpc) is 2.73. The lowest BCUT2D eigenvalue weighted by atomic mass is 9.98. The second kappa shape index (κ2) is 9.90. The van der Waals surface area contributed by atoms with Gasteiger partial charge in [-0.1, -0.05) is 68.3 Å². The molecule has 0 fully saturated rings. The van der Waals surface area contributed by atoms with Gasteiger partial charge in [0.05, 0.1) is 0 Å². The maximum atomic E-state index is 14.2. The Kier molecular flexibility index (Phi) is 7.26. The van der Waals surface area contributed by atoms with Gasteiger partial charge in [0, 0.05) is 11.6 Å². The van der Waals surface area contributed by atoms with Gasteiger partial charge in [0.15, 0.2) is 0 Å². The summed E-state index contributed by atoms with van der Waals surface area (Å²) in [6, 6.07) is 17.6. The van der Waals surface area contributed by atoms with Crippen LogP contribution >= 0.6 is 0 Å². The van der Waals surface area contributed by atoms with Gasteiger partial charge in [-0.05, 0) is 58.9 Å². The third kappa shape index (κ3) is 6.27. The number of halogens is 5. The molecular formula is C26H23F5. The first kappa shape index (κ1) is 22.7. The van der Waals surface area contributed by atoms with Crippen LogP contribution in [0.5, 0.6) is 0 Å². The fourth-order valence-corrected chi connectivity index (χ4v) is 3.39. The molecule has 3 aromatic carbocycles. The highest BCUT2D eigenvalue weighted by atomic mass is 19.4. The van der Waals surface area contributed by atoms with Crippen LogP contribution in [0.25, 0.3) is 28.3 Å². The number of hydrogen-bond donors (Lipinski definition) is 0. The van der Waals surface area contributed by atoms with Crippen LogP contribution in [0.15, 0.2) is 66.7 Å². The van der Waals surface area contributed by atoms with Gasteiger partial charge in [-0.3, -0.25) is 0 Å². The highest BCUT2D eigenvalue weighted by Gasteiger charge is 2.23. The van der Waals surface area contributed by atoms with Gasteiger partial charge in [-0.25, -0.2) is 8.78 Å². The Morgan fingerprint density at radius 1 is 0.710 bits per heavy atom. The molecule has 0 aliphatic carbocycles. The van der Waals surface area contributed by atoms with Gasteiger partial charge in [0.25, 0.3) is 0 Å². The standard InChI is InChI=1S/C26H23F5/c1-2-3-4-5-18-6-8-19(9-7-18)20-10-12-21(13-11-20)22-16-24(27)23(25(28)17-22)14-15-26(29,30)31/h6-17H,2-5H2,1H3. The van der Waals surface area contributed by atoms with Crippen molar-refractivity contribution in [2.75, 3.05) is 0 Å². The monoisotopic (exact) mass is 430 g/mol. The van der Waals surface area contributed by atoms with Crippen molar-refractivity contribution in [1.82, 2.24) is 0 Å². The van der Waals surface area contributed by atoms with Crippen LogP contribution in [0.2, 0.25) is 0 Å². The number of hydrogen-bond acceptors (Lipinski definition) is 0. The fraction of sp³-hybridized carbons (Fsp3) is 0.231. The predicted octanol–water partition coefficient (Wildman–Crippen LogP) is 8.61. The summed E-state index contributed by atoms with van der Waals surface area (Å²) in [5, 5.41) is 0. The lowest BCUT2D eigenvalue weighted by Crippen LogP contribution is -2.01. The molecule has 0 aliphatic heterocycles. The van der Waals surface area contributed by atoms with Crippen molar-refractivity contribution in [3.8, 4) is 22.3 Å².